The van der Waals surface area contributed by atoms with Crippen LogP contribution in [0, 0.1) is 5.41 Å². The van der Waals surface area contributed by atoms with Crippen molar-refractivity contribution in [3.8, 4) is 0 Å². The first kappa shape index (κ1) is 9.50. The number of nitrogens with zero attached hydrogens (tertiary/aromatic N) is 1. The zero-order valence-corrected chi connectivity index (χ0v) is 9.64. The van der Waals surface area contributed by atoms with E-state index in [1.807, 2.05) is 4.90 Å². The number of hydrogen-bond donors (Lipinski definition) is 0. The SMILES string of the molecule is CC1(C(=O)N2CCC(Br)CC2)CC1. The average molecular weight is 246 g/mol. The topological polar surface area (TPSA) is 20.3 Å². The molecule has 1 saturated heterocycles. The molecule has 2 nitrogen and oxygen atoms in total. The molecular formula is C10H16BrNO. The summed E-state index contributed by atoms with van der Waals surface area (Å²) in [5.74, 6) is 0.395. The zero-order chi connectivity index (χ0) is 9.47. The number of rotatable bonds is 1. The second-order valence-electron chi connectivity index (χ2n) is 4.53. The molecule has 1 amide bonds. The second-order valence-corrected chi connectivity index (χ2v) is 5.82. The van der Waals surface area contributed by atoms with Crippen molar-refractivity contribution in [1.82, 2.24) is 4.90 Å². The third kappa shape index (κ3) is 1.90. The van der Waals surface area contributed by atoms with Crippen molar-refractivity contribution >= 4 is 21.8 Å². The van der Waals surface area contributed by atoms with Gasteiger partial charge in [-0.05, 0) is 25.7 Å². The van der Waals surface area contributed by atoms with E-state index in [-0.39, 0.29) is 5.41 Å². The van der Waals surface area contributed by atoms with Crippen LogP contribution < -0.4 is 0 Å². The standard InChI is InChI=1S/C10H16BrNO/c1-10(4-5-10)9(13)12-6-2-8(11)3-7-12/h8H,2-7H2,1H3. The van der Waals surface area contributed by atoms with Gasteiger partial charge in [0.25, 0.3) is 0 Å². The van der Waals surface area contributed by atoms with Gasteiger partial charge >= 0.3 is 0 Å². The Morgan fingerprint density at radius 1 is 1.38 bits per heavy atom. The minimum absolute atomic E-state index is 0.0269. The van der Waals surface area contributed by atoms with Gasteiger partial charge in [0.05, 0.1) is 0 Å². The minimum Gasteiger partial charge on any atom is -0.342 e. The lowest BCUT2D eigenvalue weighted by Crippen LogP contribution is -2.42. The first-order valence-corrected chi connectivity index (χ1v) is 5.97. The maximum Gasteiger partial charge on any atom is 0.228 e. The number of likely N-dealkylation sites (tertiary alicyclic amines) is 1. The van der Waals surface area contributed by atoms with Crippen LogP contribution in [0.25, 0.3) is 0 Å². The summed E-state index contributed by atoms with van der Waals surface area (Å²) in [7, 11) is 0. The monoisotopic (exact) mass is 245 g/mol. The van der Waals surface area contributed by atoms with Gasteiger partial charge in [-0.3, -0.25) is 4.79 Å². The molecule has 0 radical (unpaired) electrons. The number of piperidine rings is 1. The van der Waals surface area contributed by atoms with Crippen molar-refractivity contribution in [3.05, 3.63) is 0 Å². The minimum atomic E-state index is 0.0269. The number of carbonyl (C=O) groups excluding carboxylic acids is 1. The normalized spacial score (nSPS) is 27.4. The molecule has 1 aliphatic carbocycles. The molecule has 0 bridgehead atoms. The molecular weight excluding hydrogens is 230 g/mol. The first-order chi connectivity index (χ1) is 6.12. The summed E-state index contributed by atoms with van der Waals surface area (Å²) in [5.41, 5.74) is 0.0269. The van der Waals surface area contributed by atoms with Gasteiger partial charge in [0.2, 0.25) is 5.91 Å². The maximum absolute atomic E-state index is 11.9. The Kier molecular flexibility index (Phi) is 2.39. The Balaban J connectivity index is 1.91. The molecule has 0 spiro atoms. The van der Waals surface area contributed by atoms with Crippen molar-refractivity contribution in [2.75, 3.05) is 13.1 Å². The summed E-state index contributed by atoms with van der Waals surface area (Å²) in [4.78, 5) is 14.6. The highest BCUT2D eigenvalue weighted by molar-refractivity contribution is 9.09. The van der Waals surface area contributed by atoms with Crippen LogP contribution in [0.4, 0.5) is 0 Å². The molecule has 2 rings (SSSR count). The molecule has 1 saturated carbocycles. The highest BCUT2D eigenvalue weighted by Gasteiger charge is 2.47. The summed E-state index contributed by atoms with van der Waals surface area (Å²) >= 11 is 3.59. The Hall–Kier alpha value is -0.0500. The van der Waals surface area contributed by atoms with E-state index in [0.29, 0.717) is 10.7 Å². The van der Waals surface area contributed by atoms with E-state index < -0.39 is 0 Å². The van der Waals surface area contributed by atoms with Crippen LogP contribution >= 0.6 is 15.9 Å². The molecule has 0 aromatic rings. The lowest BCUT2D eigenvalue weighted by molar-refractivity contribution is -0.137. The fraction of sp³-hybridized carbons (Fsp3) is 0.900. The van der Waals surface area contributed by atoms with Crippen LogP contribution in [0.2, 0.25) is 0 Å². The van der Waals surface area contributed by atoms with Crippen molar-refractivity contribution in [2.24, 2.45) is 5.41 Å². The van der Waals surface area contributed by atoms with E-state index in [9.17, 15) is 4.79 Å². The van der Waals surface area contributed by atoms with Gasteiger partial charge in [-0.2, -0.15) is 0 Å². The lowest BCUT2D eigenvalue weighted by atomic mass is 10.1. The summed E-state index contributed by atoms with van der Waals surface area (Å²) in [5, 5.41) is 0. The molecule has 0 aromatic heterocycles. The van der Waals surface area contributed by atoms with E-state index in [4.69, 9.17) is 0 Å². The van der Waals surface area contributed by atoms with E-state index in [0.717, 1.165) is 38.8 Å². The van der Waals surface area contributed by atoms with Gasteiger partial charge in [-0.1, -0.05) is 22.9 Å². The van der Waals surface area contributed by atoms with Crippen LogP contribution in [-0.4, -0.2) is 28.7 Å². The predicted molar refractivity (Wildman–Crippen MR) is 55.9 cm³/mol. The summed E-state index contributed by atoms with van der Waals surface area (Å²) in [6.07, 6.45) is 4.42. The highest BCUT2D eigenvalue weighted by Crippen LogP contribution is 2.46. The molecule has 1 heterocycles. The lowest BCUT2D eigenvalue weighted by Gasteiger charge is -2.31. The van der Waals surface area contributed by atoms with Gasteiger partial charge in [0.15, 0.2) is 0 Å². The Bertz CT molecular complexity index is 217. The van der Waals surface area contributed by atoms with Crippen LogP contribution in [0.1, 0.15) is 32.6 Å². The summed E-state index contributed by atoms with van der Waals surface area (Å²) < 4.78 is 0. The van der Waals surface area contributed by atoms with E-state index in [2.05, 4.69) is 22.9 Å². The Labute approximate surface area is 87.8 Å². The number of carbonyl (C=O) groups is 1. The molecule has 74 valence electrons. The quantitative estimate of drug-likeness (QED) is 0.649. The van der Waals surface area contributed by atoms with Gasteiger partial charge in [-0.15, -0.1) is 0 Å². The van der Waals surface area contributed by atoms with Crippen LogP contribution in [0.5, 0.6) is 0 Å². The van der Waals surface area contributed by atoms with Gasteiger partial charge in [0, 0.05) is 23.3 Å². The third-order valence-corrected chi connectivity index (χ3v) is 4.14. The molecule has 13 heavy (non-hydrogen) atoms. The fourth-order valence-corrected chi connectivity index (χ4v) is 2.24. The molecule has 0 atom stereocenters. The van der Waals surface area contributed by atoms with E-state index in [1.54, 1.807) is 0 Å². The van der Waals surface area contributed by atoms with Crippen LogP contribution in [0.3, 0.4) is 0 Å². The predicted octanol–water partition coefficient (Wildman–Crippen LogP) is 2.17. The average Bonchev–Trinajstić information content (AvgIpc) is 2.85. The second kappa shape index (κ2) is 3.26. The van der Waals surface area contributed by atoms with Crippen molar-refractivity contribution < 1.29 is 4.79 Å². The molecule has 1 aliphatic heterocycles. The molecule has 2 fully saturated rings. The summed E-state index contributed by atoms with van der Waals surface area (Å²) in [6.45, 7) is 3.99. The van der Waals surface area contributed by atoms with Gasteiger partial charge in [-0.25, -0.2) is 0 Å². The Morgan fingerprint density at radius 3 is 2.38 bits per heavy atom. The molecule has 0 aromatic carbocycles. The van der Waals surface area contributed by atoms with Gasteiger partial charge < -0.3 is 4.90 Å². The first-order valence-electron chi connectivity index (χ1n) is 5.05. The number of alkyl halides is 1. The Morgan fingerprint density at radius 2 is 1.92 bits per heavy atom. The van der Waals surface area contributed by atoms with Crippen molar-refractivity contribution in [1.29, 1.82) is 0 Å². The van der Waals surface area contributed by atoms with Crippen molar-refractivity contribution in [3.63, 3.8) is 0 Å². The number of hydrogen-bond acceptors (Lipinski definition) is 1. The van der Waals surface area contributed by atoms with Gasteiger partial charge in [0.1, 0.15) is 0 Å². The van der Waals surface area contributed by atoms with Crippen molar-refractivity contribution in [2.45, 2.75) is 37.4 Å². The molecule has 2 aliphatic rings. The van der Waals surface area contributed by atoms with Crippen LogP contribution in [-0.2, 0) is 4.79 Å². The highest BCUT2D eigenvalue weighted by atomic mass is 79.9. The number of halogens is 1. The fourth-order valence-electron chi connectivity index (χ4n) is 1.83. The van der Waals surface area contributed by atoms with Crippen LogP contribution in [0.15, 0.2) is 0 Å². The number of amides is 1. The van der Waals surface area contributed by atoms with E-state index in [1.165, 1.54) is 0 Å². The summed E-state index contributed by atoms with van der Waals surface area (Å²) in [6, 6.07) is 0. The maximum atomic E-state index is 11.9. The molecule has 3 heteroatoms. The largest absolute Gasteiger partial charge is 0.342 e. The smallest absolute Gasteiger partial charge is 0.228 e. The molecule has 0 unspecified atom stereocenters. The third-order valence-electron chi connectivity index (χ3n) is 3.23. The molecule has 0 N–H and O–H groups in total. The van der Waals surface area contributed by atoms with E-state index >= 15 is 0 Å². The zero-order valence-electron chi connectivity index (χ0n) is 8.05.